The Kier molecular flexibility index (Phi) is 6.87. The van der Waals surface area contributed by atoms with E-state index in [9.17, 15) is 37.2 Å². The molecule has 1 N–H and O–H groups in total. The van der Waals surface area contributed by atoms with Crippen LogP contribution >= 0.6 is 0 Å². The zero-order valence-corrected chi connectivity index (χ0v) is 22.6. The van der Waals surface area contributed by atoms with E-state index in [2.05, 4.69) is 15.3 Å². The average molecular weight is 593 g/mol. The van der Waals surface area contributed by atoms with Crippen molar-refractivity contribution < 1.29 is 31.9 Å². The summed E-state index contributed by atoms with van der Waals surface area (Å²) in [4.78, 5) is 52.2. The fourth-order valence-electron chi connectivity index (χ4n) is 6.28. The predicted octanol–water partition coefficient (Wildman–Crippen LogP) is 3.91. The van der Waals surface area contributed by atoms with Gasteiger partial charge in [0.2, 0.25) is 11.9 Å². The number of halogens is 4. The second-order valence-corrected chi connectivity index (χ2v) is 10.9. The molecular formula is C30H24F4N6O3. The monoisotopic (exact) mass is 592 g/mol. The number of amides is 3. The first-order valence-electron chi connectivity index (χ1n) is 13.6. The number of aryl methyl sites for hydroxylation is 1. The minimum absolute atomic E-state index is 0.0216. The lowest BCUT2D eigenvalue weighted by Gasteiger charge is -2.44. The van der Waals surface area contributed by atoms with Crippen molar-refractivity contribution in [3.05, 3.63) is 83.2 Å². The third kappa shape index (κ3) is 4.86. The molecule has 9 nitrogen and oxygen atoms in total. The van der Waals surface area contributed by atoms with E-state index in [0.29, 0.717) is 23.6 Å². The molecule has 1 saturated carbocycles. The molecular weight excluding hydrogens is 568 g/mol. The number of carbonyl (C=O) groups is 3. The van der Waals surface area contributed by atoms with Gasteiger partial charge in [0.15, 0.2) is 5.54 Å². The van der Waals surface area contributed by atoms with Crippen LogP contribution in [0.5, 0.6) is 0 Å². The number of nitrogens with one attached hydrogen (secondary N) is 1. The highest BCUT2D eigenvalue weighted by atomic mass is 19.3. The van der Waals surface area contributed by atoms with Gasteiger partial charge in [-0.2, -0.15) is 5.26 Å². The quantitative estimate of drug-likeness (QED) is 0.434. The smallest absolute Gasteiger partial charge is 0.252 e. The third-order valence-corrected chi connectivity index (χ3v) is 8.20. The molecule has 0 radical (unpaired) electrons. The molecule has 0 spiro atoms. The Morgan fingerprint density at radius 2 is 1.79 bits per heavy atom. The van der Waals surface area contributed by atoms with Crippen LogP contribution in [-0.2, 0) is 26.3 Å². The second kappa shape index (κ2) is 10.4. The van der Waals surface area contributed by atoms with Gasteiger partial charge in [-0.1, -0.05) is 24.3 Å². The molecule has 0 unspecified atom stereocenters. The van der Waals surface area contributed by atoms with Gasteiger partial charge in [-0.15, -0.1) is 0 Å². The largest absolute Gasteiger partial charge is 0.351 e. The number of nitrogens with zero attached hydrogens (tertiary/aromatic N) is 5. The van der Waals surface area contributed by atoms with E-state index in [4.69, 9.17) is 0 Å². The Bertz CT molecular complexity index is 1670. The molecule has 1 aliphatic heterocycles. The van der Waals surface area contributed by atoms with Gasteiger partial charge in [0, 0.05) is 37.6 Å². The maximum Gasteiger partial charge on any atom is 0.252 e. The Balaban J connectivity index is 1.51. The van der Waals surface area contributed by atoms with Gasteiger partial charge in [0.05, 0.1) is 5.69 Å². The average Bonchev–Trinajstić information content (AvgIpc) is 3.53. The molecule has 43 heavy (non-hydrogen) atoms. The van der Waals surface area contributed by atoms with Crippen molar-refractivity contribution >= 4 is 29.4 Å². The summed E-state index contributed by atoms with van der Waals surface area (Å²) in [6.45, 7) is 0. The Morgan fingerprint density at radius 3 is 2.49 bits per heavy atom. The van der Waals surface area contributed by atoms with E-state index >= 15 is 0 Å². The number of hydrogen-bond acceptors (Lipinski definition) is 6. The van der Waals surface area contributed by atoms with E-state index in [1.54, 1.807) is 24.3 Å². The minimum Gasteiger partial charge on any atom is -0.351 e. The molecule has 3 amide bonds. The van der Waals surface area contributed by atoms with Gasteiger partial charge < -0.3 is 5.32 Å². The summed E-state index contributed by atoms with van der Waals surface area (Å²) in [7, 11) is 0. The number of hydrogen-bond donors (Lipinski definition) is 1. The van der Waals surface area contributed by atoms with E-state index < -0.39 is 65.7 Å². The SMILES string of the molecule is N#Cc1ccnc(N2C(=O)CC[C@H]2C(=O)N(c2cc(F)cc(F)c2)[C@@]2(C(=O)NC3CC(F)(F)C3)CCc3ccccc32)n1. The van der Waals surface area contributed by atoms with E-state index in [-0.39, 0.29) is 36.6 Å². The molecule has 2 fully saturated rings. The second-order valence-electron chi connectivity index (χ2n) is 10.9. The Morgan fingerprint density at radius 1 is 1.07 bits per heavy atom. The first-order valence-corrected chi connectivity index (χ1v) is 13.6. The van der Waals surface area contributed by atoms with Crippen LogP contribution in [0.4, 0.5) is 29.2 Å². The summed E-state index contributed by atoms with van der Waals surface area (Å²) in [5, 5.41) is 12.0. The lowest BCUT2D eigenvalue weighted by atomic mass is 9.83. The summed E-state index contributed by atoms with van der Waals surface area (Å²) < 4.78 is 56.9. The number of carbonyl (C=O) groups excluding carboxylic acids is 3. The van der Waals surface area contributed by atoms with E-state index in [0.717, 1.165) is 21.9 Å². The first kappa shape index (κ1) is 28.3. The molecule has 2 aromatic carbocycles. The fourth-order valence-corrected chi connectivity index (χ4v) is 6.28. The van der Waals surface area contributed by atoms with Crippen LogP contribution in [-0.4, -0.2) is 45.7 Å². The lowest BCUT2D eigenvalue weighted by Crippen LogP contribution is -2.64. The zero-order valence-electron chi connectivity index (χ0n) is 22.6. The maximum atomic E-state index is 14.7. The minimum atomic E-state index is -2.94. The van der Waals surface area contributed by atoms with Gasteiger partial charge in [-0.05, 0) is 48.6 Å². The molecule has 3 aromatic rings. The highest BCUT2D eigenvalue weighted by Gasteiger charge is 2.57. The van der Waals surface area contributed by atoms with Crippen LogP contribution in [0.2, 0.25) is 0 Å². The van der Waals surface area contributed by atoms with Gasteiger partial charge >= 0.3 is 0 Å². The molecule has 2 aliphatic carbocycles. The fraction of sp³-hybridized carbons (Fsp3) is 0.333. The lowest BCUT2D eigenvalue weighted by molar-refractivity contribution is -0.137. The molecule has 3 aliphatic rings. The van der Waals surface area contributed by atoms with E-state index in [1.807, 2.05) is 6.07 Å². The number of aromatic nitrogens is 2. The zero-order chi connectivity index (χ0) is 30.5. The normalized spacial score (nSPS) is 22.4. The van der Waals surface area contributed by atoms with Crippen LogP contribution in [0.1, 0.15) is 48.9 Å². The maximum absolute atomic E-state index is 14.7. The molecule has 13 heteroatoms. The van der Waals surface area contributed by atoms with Crippen LogP contribution in [0, 0.1) is 23.0 Å². The summed E-state index contributed by atoms with van der Waals surface area (Å²) in [6, 6.07) is 10.2. The van der Waals surface area contributed by atoms with Crippen molar-refractivity contribution in [1.29, 1.82) is 5.26 Å². The van der Waals surface area contributed by atoms with Crippen molar-refractivity contribution in [2.45, 2.75) is 62.1 Å². The summed E-state index contributed by atoms with van der Waals surface area (Å²) >= 11 is 0. The van der Waals surface area contributed by atoms with Gasteiger partial charge in [-0.3, -0.25) is 24.2 Å². The van der Waals surface area contributed by atoms with Gasteiger partial charge in [0.1, 0.15) is 29.4 Å². The summed E-state index contributed by atoms with van der Waals surface area (Å²) in [6.07, 6.45) is 0.214. The summed E-state index contributed by atoms with van der Waals surface area (Å²) in [5.41, 5.74) is -1.19. The van der Waals surface area contributed by atoms with Crippen LogP contribution in [0.25, 0.3) is 0 Å². The number of benzene rings is 2. The number of fused-ring (bicyclic) bond motifs is 1. The molecule has 1 aromatic heterocycles. The van der Waals surface area contributed by atoms with Crippen LogP contribution in [0.15, 0.2) is 54.7 Å². The van der Waals surface area contributed by atoms with Crippen molar-refractivity contribution in [1.82, 2.24) is 15.3 Å². The molecule has 2 heterocycles. The molecule has 6 rings (SSSR count). The Hall–Kier alpha value is -4.86. The van der Waals surface area contributed by atoms with Gasteiger partial charge in [0.25, 0.3) is 17.7 Å². The summed E-state index contributed by atoms with van der Waals surface area (Å²) in [5.74, 6) is -7.35. The first-order chi connectivity index (χ1) is 20.5. The van der Waals surface area contributed by atoms with Crippen molar-refractivity contribution in [2.24, 2.45) is 0 Å². The number of alkyl halides is 2. The van der Waals surface area contributed by atoms with Crippen LogP contribution < -0.4 is 15.1 Å². The third-order valence-electron chi connectivity index (χ3n) is 8.20. The molecule has 0 bridgehead atoms. The van der Waals surface area contributed by atoms with Gasteiger partial charge in [-0.25, -0.2) is 27.5 Å². The number of nitriles is 1. The predicted molar refractivity (Wildman–Crippen MR) is 144 cm³/mol. The highest BCUT2D eigenvalue weighted by molar-refractivity contribution is 6.12. The van der Waals surface area contributed by atoms with Crippen molar-refractivity contribution in [3.8, 4) is 6.07 Å². The number of anilines is 2. The van der Waals surface area contributed by atoms with Crippen molar-refractivity contribution in [2.75, 3.05) is 9.80 Å². The molecule has 220 valence electrons. The molecule has 2 atom stereocenters. The molecule has 1 saturated heterocycles. The Labute approximate surface area is 243 Å². The number of rotatable bonds is 6. The topological polar surface area (TPSA) is 119 Å². The van der Waals surface area contributed by atoms with Crippen LogP contribution in [0.3, 0.4) is 0 Å². The van der Waals surface area contributed by atoms with Crippen molar-refractivity contribution in [3.63, 3.8) is 0 Å². The highest BCUT2D eigenvalue weighted by Crippen LogP contribution is 2.47. The standard InChI is InChI=1S/C30H24F4N6O3/c31-18-11-19(32)13-22(12-18)40(26(42)24-5-6-25(41)39(24)28-36-10-8-20(16-35)38-28)30(9-7-17-3-1-2-4-23(17)30)27(43)37-21-14-29(33,34)15-21/h1-4,8,10-13,21,24H,5-7,9,14-15H2,(H,37,43)/t24-,30-/m0/s1. The van der Waals surface area contributed by atoms with E-state index in [1.165, 1.54) is 12.3 Å².